The van der Waals surface area contributed by atoms with E-state index in [0.717, 1.165) is 0 Å². The maximum Gasteiger partial charge on any atom is 0 e. The van der Waals surface area contributed by atoms with E-state index in [4.69, 9.17) is 24.1 Å². The summed E-state index contributed by atoms with van der Waals surface area (Å²) in [6.45, 7) is 0. The molecule has 0 aromatic carbocycles. The molecule has 0 rings (SSSR count). The molecule has 0 N–H and O–H groups in total. The van der Waals surface area contributed by atoms with E-state index in [2.05, 4.69) is 0 Å². The molecule has 0 unspecified atom stereocenters. The normalized spacial score (nSPS) is 10.4. The summed E-state index contributed by atoms with van der Waals surface area (Å²) in [4.78, 5) is 0. The molecule has 0 fully saturated rings. The van der Waals surface area contributed by atoms with E-state index >= 15 is 0 Å². The molecular formula is C2H6PS4Y-. The summed E-state index contributed by atoms with van der Waals surface area (Å²) in [7, 11) is 0. The van der Waals surface area contributed by atoms with Crippen LogP contribution >= 0.6 is 26.4 Å². The smallest absolute Gasteiger partial charge is 0 e. The molecule has 47 valence electrons. The van der Waals surface area contributed by atoms with Gasteiger partial charge < -0.3 is 12.2 Å². The van der Waals surface area contributed by atoms with Crippen molar-refractivity contribution >= 4 is 50.5 Å². The largest absolute Gasteiger partial charge is 0.726 e. The molecule has 0 spiro atoms. The van der Waals surface area contributed by atoms with Crippen molar-refractivity contribution in [3.05, 3.63) is 0 Å². The van der Waals surface area contributed by atoms with Crippen LogP contribution in [-0.4, -0.2) is 12.5 Å². The van der Waals surface area contributed by atoms with Gasteiger partial charge in [-0.15, -0.1) is 34.6 Å². The zero-order chi connectivity index (χ0) is 5.91. The van der Waals surface area contributed by atoms with Gasteiger partial charge in [0, 0.05) is 32.7 Å². The first-order chi connectivity index (χ1) is 3.12. The zero-order valence-corrected chi connectivity index (χ0v) is 11.7. The monoisotopic (exact) mass is 278 g/mol. The van der Waals surface area contributed by atoms with E-state index < -0.39 is 3.64 Å². The minimum absolute atomic E-state index is 0. The Labute approximate surface area is 94.3 Å². The molecule has 0 saturated carbocycles. The standard InChI is InChI=1S/C2H7PS4.Y/c1-6-3(4,5)7-2;/h1-2H3,(H,4,5);/p-1. The molecule has 0 aliphatic rings. The summed E-state index contributed by atoms with van der Waals surface area (Å²) >= 11 is 13.3. The predicted molar refractivity (Wildman–Crippen MR) is 48.7 cm³/mol. The molecule has 8 heavy (non-hydrogen) atoms. The molecule has 0 bridgehead atoms. The molecule has 6 heteroatoms. The SMILES string of the molecule is CSP(=S)([S-])SC.[Y]. The molecule has 0 saturated heterocycles. The van der Waals surface area contributed by atoms with Gasteiger partial charge in [-0.25, -0.2) is 0 Å². The van der Waals surface area contributed by atoms with Gasteiger partial charge in [0.1, 0.15) is 0 Å². The van der Waals surface area contributed by atoms with Gasteiger partial charge in [-0.1, -0.05) is 3.64 Å². The van der Waals surface area contributed by atoms with E-state index in [1.165, 1.54) is 0 Å². The minimum atomic E-state index is -1.40. The fourth-order valence-electron chi connectivity index (χ4n) is 0.0745. The summed E-state index contributed by atoms with van der Waals surface area (Å²) < 4.78 is -1.40. The van der Waals surface area contributed by atoms with E-state index in [1.807, 2.05) is 12.5 Å². The Morgan fingerprint density at radius 1 is 1.38 bits per heavy atom. The first kappa shape index (κ1) is 13.4. The van der Waals surface area contributed by atoms with Gasteiger partial charge in [0.15, 0.2) is 0 Å². The number of hydrogen-bond acceptors (Lipinski definition) is 4. The van der Waals surface area contributed by atoms with Crippen LogP contribution in [0.25, 0.3) is 0 Å². The Morgan fingerprint density at radius 2 is 1.62 bits per heavy atom. The van der Waals surface area contributed by atoms with Crippen molar-refractivity contribution in [2.24, 2.45) is 0 Å². The van der Waals surface area contributed by atoms with E-state index in [0.29, 0.717) is 0 Å². The summed E-state index contributed by atoms with van der Waals surface area (Å²) in [6.07, 6.45) is 3.95. The zero-order valence-electron chi connectivity index (χ0n) is 4.66. The van der Waals surface area contributed by atoms with Crippen molar-refractivity contribution in [2.75, 3.05) is 12.5 Å². The average molecular weight is 278 g/mol. The maximum absolute atomic E-state index is 5.00. The van der Waals surface area contributed by atoms with Gasteiger partial charge in [0.2, 0.25) is 0 Å². The molecule has 0 aliphatic carbocycles. The van der Waals surface area contributed by atoms with Gasteiger partial charge in [0.25, 0.3) is 0 Å². The second kappa shape index (κ2) is 6.51. The molecule has 0 aromatic rings. The van der Waals surface area contributed by atoms with Gasteiger partial charge in [0.05, 0.1) is 0 Å². The molecule has 0 amide bonds. The Hall–Kier alpha value is 2.80. The molecule has 0 aliphatic heterocycles. The molecule has 0 atom stereocenters. The van der Waals surface area contributed by atoms with Crippen LogP contribution in [0.2, 0.25) is 0 Å². The predicted octanol–water partition coefficient (Wildman–Crippen LogP) is 2.48. The van der Waals surface area contributed by atoms with Crippen LogP contribution in [0.1, 0.15) is 0 Å². The quantitative estimate of drug-likeness (QED) is 0.562. The maximum atomic E-state index is 5.00. The summed E-state index contributed by atoms with van der Waals surface area (Å²) in [5.41, 5.74) is 0. The van der Waals surface area contributed by atoms with E-state index in [9.17, 15) is 0 Å². The molecule has 0 nitrogen and oxygen atoms in total. The van der Waals surface area contributed by atoms with Crippen molar-refractivity contribution < 1.29 is 32.7 Å². The van der Waals surface area contributed by atoms with Crippen LogP contribution in [0.15, 0.2) is 0 Å². The van der Waals surface area contributed by atoms with Crippen molar-refractivity contribution in [3.8, 4) is 0 Å². The first-order valence-corrected chi connectivity index (χ1v) is 9.02. The van der Waals surface area contributed by atoms with Gasteiger partial charge in [-0.2, -0.15) is 0 Å². The number of rotatable bonds is 2. The van der Waals surface area contributed by atoms with Crippen molar-refractivity contribution in [2.45, 2.75) is 0 Å². The topological polar surface area (TPSA) is 0 Å². The summed E-state index contributed by atoms with van der Waals surface area (Å²) in [6, 6.07) is 0. The Balaban J connectivity index is 0. The van der Waals surface area contributed by atoms with Crippen LogP contribution in [0.4, 0.5) is 0 Å². The number of hydrogen-bond donors (Lipinski definition) is 0. The Kier molecular flexibility index (Phi) is 10.9. The van der Waals surface area contributed by atoms with E-state index in [-0.39, 0.29) is 32.7 Å². The minimum Gasteiger partial charge on any atom is -0.726 e. The third-order valence-electron chi connectivity index (χ3n) is 0.447. The average Bonchev–Trinajstić information content (AvgIpc) is 1.68. The molecule has 0 aromatic heterocycles. The van der Waals surface area contributed by atoms with Crippen molar-refractivity contribution in [1.82, 2.24) is 0 Å². The Morgan fingerprint density at radius 3 is 1.62 bits per heavy atom. The second-order valence-electron chi connectivity index (χ2n) is 0.812. The Bertz CT molecular complexity index is 86.0. The van der Waals surface area contributed by atoms with Crippen LogP contribution in [0.5, 0.6) is 0 Å². The van der Waals surface area contributed by atoms with E-state index in [1.54, 1.807) is 22.8 Å². The fourth-order valence-corrected chi connectivity index (χ4v) is 2.01. The van der Waals surface area contributed by atoms with Gasteiger partial charge in [-0.05, 0) is 12.5 Å². The van der Waals surface area contributed by atoms with Crippen LogP contribution in [0, 0.1) is 0 Å². The second-order valence-corrected chi connectivity index (χ2v) is 15.4. The summed E-state index contributed by atoms with van der Waals surface area (Å²) in [5.74, 6) is 0. The molecule has 1 radical (unpaired) electrons. The fraction of sp³-hybridized carbons (Fsp3) is 1.00. The first-order valence-electron chi connectivity index (χ1n) is 1.55. The van der Waals surface area contributed by atoms with Crippen LogP contribution in [-0.2, 0) is 56.8 Å². The summed E-state index contributed by atoms with van der Waals surface area (Å²) in [5, 5.41) is 0. The third kappa shape index (κ3) is 6.92. The van der Waals surface area contributed by atoms with Crippen LogP contribution in [0.3, 0.4) is 0 Å². The molecular weight excluding hydrogens is 272 g/mol. The van der Waals surface area contributed by atoms with Crippen LogP contribution < -0.4 is 0 Å². The van der Waals surface area contributed by atoms with Crippen molar-refractivity contribution in [3.63, 3.8) is 0 Å². The molecule has 0 heterocycles. The van der Waals surface area contributed by atoms with Gasteiger partial charge in [-0.3, -0.25) is 0 Å². The van der Waals surface area contributed by atoms with Gasteiger partial charge >= 0.3 is 0 Å². The third-order valence-corrected chi connectivity index (χ3v) is 12.1. The van der Waals surface area contributed by atoms with Crippen molar-refractivity contribution in [1.29, 1.82) is 0 Å².